The molecule has 0 fully saturated rings. The van der Waals surface area contributed by atoms with Crippen LogP contribution >= 0.6 is 11.6 Å². The van der Waals surface area contributed by atoms with E-state index in [0.29, 0.717) is 5.15 Å². The number of pyridine rings is 1. The average molecular weight is 275 g/mol. The number of ether oxygens (including phenoxy) is 1. The highest BCUT2D eigenvalue weighted by atomic mass is 35.5. The molecule has 1 aromatic heterocycles. The van der Waals surface area contributed by atoms with Gasteiger partial charge in [-0.05, 0) is 42.3 Å². The molecule has 1 aromatic carbocycles. The zero-order chi connectivity index (χ0) is 13.2. The van der Waals surface area contributed by atoms with E-state index in [0.717, 1.165) is 24.5 Å². The molecule has 2 aromatic rings. The maximum Gasteiger partial charge on any atom is 0.129 e. The van der Waals surface area contributed by atoms with Crippen LogP contribution in [0, 0.1) is 0 Å². The Bertz CT molecular complexity index is 583. The Kier molecular flexibility index (Phi) is 3.30. The number of hydrogen-bond acceptors (Lipinski definition) is 3. The SMILES string of the molecule is CC(Nc1ccc(Cl)nc1)c1ccc2c(c1)CCO2. The van der Waals surface area contributed by atoms with Crippen molar-refractivity contribution >= 4 is 17.3 Å². The molecule has 0 amide bonds. The van der Waals surface area contributed by atoms with Crippen molar-refractivity contribution in [3.8, 4) is 5.75 Å². The van der Waals surface area contributed by atoms with Gasteiger partial charge in [-0.15, -0.1) is 0 Å². The minimum Gasteiger partial charge on any atom is -0.493 e. The van der Waals surface area contributed by atoms with E-state index in [1.54, 1.807) is 12.3 Å². The fourth-order valence-electron chi connectivity index (χ4n) is 2.27. The Hall–Kier alpha value is -1.74. The van der Waals surface area contributed by atoms with Crippen molar-refractivity contribution in [2.45, 2.75) is 19.4 Å². The van der Waals surface area contributed by atoms with Gasteiger partial charge in [0.25, 0.3) is 0 Å². The maximum atomic E-state index is 5.78. The molecule has 1 N–H and O–H groups in total. The van der Waals surface area contributed by atoms with Crippen LogP contribution in [0.2, 0.25) is 5.15 Å². The molecule has 0 radical (unpaired) electrons. The summed E-state index contributed by atoms with van der Waals surface area (Å²) in [4.78, 5) is 4.07. The summed E-state index contributed by atoms with van der Waals surface area (Å²) < 4.78 is 5.52. The van der Waals surface area contributed by atoms with Crippen LogP contribution in [-0.4, -0.2) is 11.6 Å². The van der Waals surface area contributed by atoms with Gasteiger partial charge >= 0.3 is 0 Å². The summed E-state index contributed by atoms with van der Waals surface area (Å²) in [6.45, 7) is 2.92. The Balaban J connectivity index is 1.76. The number of benzene rings is 1. The molecule has 0 bridgehead atoms. The highest BCUT2D eigenvalue weighted by molar-refractivity contribution is 6.29. The van der Waals surface area contributed by atoms with Gasteiger partial charge in [0.15, 0.2) is 0 Å². The normalized spacial score (nSPS) is 14.6. The fourth-order valence-corrected chi connectivity index (χ4v) is 2.38. The second kappa shape index (κ2) is 5.10. The van der Waals surface area contributed by atoms with E-state index >= 15 is 0 Å². The lowest BCUT2D eigenvalue weighted by atomic mass is 10.0. The second-order valence-electron chi connectivity index (χ2n) is 4.70. The van der Waals surface area contributed by atoms with E-state index in [1.165, 1.54) is 11.1 Å². The highest BCUT2D eigenvalue weighted by Gasteiger charge is 2.14. The lowest BCUT2D eigenvalue weighted by molar-refractivity contribution is 0.357. The van der Waals surface area contributed by atoms with Crippen LogP contribution in [0.4, 0.5) is 5.69 Å². The summed E-state index contributed by atoms with van der Waals surface area (Å²) in [7, 11) is 0. The molecule has 0 spiro atoms. The Labute approximate surface area is 117 Å². The van der Waals surface area contributed by atoms with Gasteiger partial charge in [0.1, 0.15) is 10.9 Å². The van der Waals surface area contributed by atoms with Gasteiger partial charge in [-0.25, -0.2) is 4.98 Å². The van der Waals surface area contributed by atoms with Crippen molar-refractivity contribution in [3.63, 3.8) is 0 Å². The first-order valence-electron chi connectivity index (χ1n) is 6.36. The molecule has 0 saturated carbocycles. The van der Waals surface area contributed by atoms with Gasteiger partial charge in [0.2, 0.25) is 0 Å². The number of rotatable bonds is 3. The van der Waals surface area contributed by atoms with E-state index in [1.807, 2.05) is 6.07 Å². The monoisotopic (exact) mass is 274 g/mol. The molecular weight excluding hydrogens is 260 g/mol. The van der Waals surface area contributed by atoms with Crippen molar-refractivity contribution in [1.29, 1.82) is 0 Å². The number of anilines is 1. The number of fused-ring (bicyclic) bond motifs is 1. The zero-order valence-corrected chi connectivity index (χ0v) is 11.4. The van der Waals surface area contributed by atoms with Crippen molar-refractivity contribution in [3.05, 3.63) is 52.8 Å². The summed E-state index contributed by atoms with van der Waals surface area (Å²) >= 11 is 5.78. The summed E-state index contributed by atoms with van der Waals surface area (Å²) in [5.41, 5.74) is 3.51. The average Bonchev–Trinajstić information content (AvgIpc) is 2.88. The van der Waals surface area contributed by atoms with Crippen LogP contribution < -0.4 is 10.1 Å². The first-order valence-corrected chi connectivity index (χ1v) is 6.74. The van der Waals surface area contributed by atoms with Crippen molar-refractivity contribution in [1.82, 2.24) is 4.98 Å². The molecule has 3 nitrogen and oxygen atoms in total. The predicted molar refractivity (Wildman–Crippen MR) is 76.9 cm³/mol. The third kappa shape index (κ3) is 2.66. The van der Waals surface area contributed by atoms with Gasteiger partial charge in [-0.3, -0.25) is 0 Å². The molecule has 4 heteroatoms. The molecule has 19 heavy (non-hydrogen) atoms. The fraction of sp³-hybridized carbons (Fsp3) is 0.267. The summed E-state index contributed by atoms with van der Waals surface area (Å²) in [5, 5.41) is 3.92. The highest BCUT2D eigenvalue weighted by Crippen LogP contribution is 2.29. The van der Waals surface area contributed by atoms with Gasteiger partial charge in [-0.1, -0.05) is 17.7 Å². The molecule has 1 aliphatic rings. The van der Waals surface area contributed by atoms with E-state index in [9.17, 15) is 0 Å². The Morgan fingerprint density at radius 2 is 2.21 bits per heavy atom. The van der Waals surface area contributed by atoms with E-state index in [-0.39, 0.29) is 6.04 Å². The first kappa shape index (κ1) is 12.3. The molecular formula is C15H15ClN2O. The van der Waals surface area contributed by atoms with Crippen LogP contribution in [0.25, 0.3) is 0 Å². The zero-order valence-electron chi connectivity index (χ0n) is 10.7. The van der Waals surface area contributed by atoms with Crippen LogP contribution in [0.15, 0.2) is 36.5 Å². The van der Waals surface area contributed by atoms with E-state index in [2.05, 4.69) is 35.4 Å². The molecule has 0 aliphatic carbocycles. The lowest BCUT2D eigenvalue weighted by Gasteiger charge is -2.16. The van der Waals surface area contributed by atoms with E-state index < -0.39 is 0 Å². The standard InChI is InChI=1S/C15H15ClN2O/c1-10(18-13-3-5-15(16)17-9-13)11-2-4-14-12(8-11)6-7-19-14/h2-5,8-10,18H,6-7H2,1H3. The van der Waals surface area contributed by atoms with E-state index in [4.69, 9.17) is 16.3 Å². The van der Waals surface area contributed by atoms with Gasteiger partial charge in [0.05, 0.1) is 18.5 Å². The quantitative estimate of drug-likeness (QED) is 0.864. The first-order chi connectivity index (χ1) is 9.22. The van der Waals surface area contributed by atoms with Crippen molar-refractivity contribution in [2.75, 3.05) is 11.9 Å². The van der Waals surface area contributed by atoms with Crippen molar-refractivity contribution < 1.29 is 4.74 Å². The minimum absolute atomic E-state index is 0.217. The number of halogens is 1. The van der Waals surface area contributed by atoms with Crippen LogP contribution in [0.3, 0.4) is 0 Å². The summed E-state index contributed by atoms with van der Waals surface area (Å²) in [6, 6.07) is 10.3. The van der Waals surface area contributed by atoms with Crippen molar-refractivity contribution in [2.24, 2.45) is 0 Å². The Morgan fingerprint density at radius 1 is 1.32 bits per heavy atom. The number of nitrogens with one attached hydrogen (secondary N) is 1. The molecule has 0 saturated heterocycles. The predicted octanol–water partition coefficient (Wildman–Crippen LogP) is 3.84. The second-order valence-corrected chi connectivity index (χ2v) is 5.09. The number of aromatic nitrogens is 1. The van der Waals surface area contributed by atoms with Gasteiger partial charge in [-0.2, -0.15) is 0 Å². The Morgan fingerprint density at radius 3 is 3.00 bits per heavy atom. The van der Waals surface area contributed by atoms with Crippen LogP contribution in [-0.2, 0) is 6.42 Å². The lowest BCUT2D eigenvalue weighted by Crippen LogP contribution is -2.07. The summed E-state index contributed by atoms with van der Waals surface area (Å²) in [6.07, 6.45) is 2.74. The van der Waals surface area contributed by atoms with Crippen LogP contribution in [0.5, 0.6) is 5.75 Å². The molecule has 1 atom stereocenters. The third-order valence-corrected chi connectivity index (χ3v) is 3.55. The molecule has 98 valence electrons. The minimum atomic E-state index is 0.217. The third-order valence-electron chi connectivity index (χ3n) is 3.32. The molecule has 1 unspecified atom stereocenters. The number of hydrogen-bond donors (Lipinski definition) is 1. The van der Waals surface area contributed by atoms with Gasteiger partial charge in [0, 0.05) is 12.5 Å². The molecule has 2 heterocycles. The summed E-state index contributed by atoms with van der Waals surface area (Å²) in [5.74, 6) is 1.02. The largest absolute Gasteiger partial charge is 0.493 e. The van der Waals surface area contributed by atoms with Crippen LogP contribution in [0.1, 0.15) is 24.1 Å². The number of nitrogens with zero attached hydrogens (tertiary/aromatic N) is 1. The molecule has 1 aliphatic heterocycles. The molecule has 3 rings (SSSR count). The maximum absolute atomic E-state index is 5.78. The smallest absolute Gasteiger partial charge is 0.129 e. The van der Waals surface area contributed by atoms with Gasteiger partial charge < -0.3 is 10.1 Å². The topological polar surface area (TPSA) is 34.2 Å².